The zero-order chi connectivity index (χ0) is 14.9. The third-order valence-corrected chi connectivity index (χ3v) is 4.07. The normalized spacial score (nSPS) is 22.1. The van der Waals surface area contributed by atoms with E-state index in [1.807, 2.05) is 0 Å². The zero-order valence-corrected chi connectivity index (χ0v) is 11.6. The topological polar surface area (TPSA) is 57.6 Å². The Morgan fingerprint density at radius 1 is 1.45 bits per heavy atom. The highest BCUT2D eigenvalue weighted by atomic mass is 19.1. The molecule has 1 saturated heterocycles. The van der Waals surface area contributed by atoms with Crippen LogP contribution in [0.3, 0.4) is 0 Å². The zero-order valence-electron chi connectivity index (χ0n) is 11.6. The molecule has 0 bridgehead atoms. The number of likely N-dealkylation sites (tertiary alicyclic amines) is 1. The Hall–Kier alpha value is -1.91. The van der Waals surface area contributed by atoms with E-state index in [1.54, 1.807) is 19.9 Å². The number of amides is 1. The van der Waals surface area contributed by atoms with Gasteiger partial charge in [0.15, 0.2) is 0 Å². The van der Waals surface area contributed by atoms with Crippen LogP contribution in [0.4, 0.5) is 4.39 Å². The van der Waals surface area contributed by atoms with Crippen molar-refractivity contribution in [1.82, 2.24) is 4.90 Å². The van der Waals surface area contributed by atoms with Gasteiger partial charge in [0.05, 0.1) is 5.56 Å². The summed E-state index contributed by atoms with van der Waals surface area (Å²) in [7, 11) is 0. The van der Waals surface area contributed by atoms with Crippen molar-refractivity contribution in [2.45, 2.75) is 38.6 Å². The minimum absolute atomic E-state index is 0.0500. The molecule has 1 fully saturated rings. The molecule has 20 heavy (non-hydrogen) atoms. The van der Waals surface area contributed by atoms with Gasteiger partial charge in [-0.1, -0.05) is 18.6 Å². The van der Waals surface area contributed by atoms with Gasteiger partial charge in [0.2, 0.25) is 0 Å². The van der Waals surface area contributed by atoms with Gasteiger partial charge >= 0.3 is 5.97 Å². The number of benzene rings is 1. The van der Waals surface area contributed by atoms with Crippen molar-refractivity contribution in [3.8, 4) is 0 Å². The van der Waals surface area contributed by atoms with Crippen LogP contribution in [-0.2, 0) is 4.79 Å². The number of hydrogen-bond donors (Lipinski definition) is 1. The number of nitrogens with zero attached hydrogens (tertiary/aromatic N) is 1. The van der Waals surface area contributed by atoms with Crippen LogP contribution in [0.1, 0.15) is 42.1 Å². The highest BCUT2D eigenvalue weighted by Gasteiger charge is 2.48. The first-order valence-electron chi connectivity index (χ1n) is 6.74. The SMILES string of the molecule is CCC1(C(=O)O)CCCN1C(=O)c1cc(C)ccc1F. The third-order valence-electron chi connectivity index (χ3n) is 4.07. The lowest BCUT2D eigenvalue weighted by Gasteiger charge is -2.34. The summed E-state index contributed by atoms with van der Waals surface area (Å²) in [6, 6.07) is 4.30. The van der Waals surface area contributed by atoms with Gasteiger partial charge in [-0.25, -0.2) is 9.18 Å². The van der Waals surface area contributed by atoms with Crippen molar-refractivity contribution in [3.63, 3.8) is 0 Å². The lowest BCUT2D eigenvalue weighted by Crippen LogP contribution is -2.52. The highest BCUT2D eigenvalue weighted by Crippen LogP contribution is 2.34. The van der Waals surface area contributed by atoms with E-state index in [0.29, 0.717) is 25.8 Å². The van der Waals surface area contributed by atoms with Crippen LogP contribution in [0.25, 0.3) is 0 Å². The lowest BCUT2D eigenvalue weighted by molar-refractivity contribution is -0.148. The van der Waals surface area contributed by atoms with Crippen molar-refractivity contribution in [1.29, 1.82) is 0 Å². The van der Waals surface area contributed by atoms with E-state index in [2.05, 4.69) is 0 Å². The molecule has 1 aliphatic rings. The Balaban J connectivity index is 2.42. The van der Waals surface area contributed by atoms with Crippen LogP contribution in [0.5, 0.6) is 0 Å². The van der Waals surface area contributed by atoms with Crippen LogP contribution in [0.2, 0.25) is 0 Å². The molecule has 1 aromatic rings. The van der Waals surface area contributed by atoms with Gasteiger partial charge < -0.3 is 10.0 Å². The lowest BCUT2D eigenvalue weighted by atomic mass is 9.92. The largest absolute Gasteiger partial charge is 0.479 e. The van der Waals surface area contributed by atoms with Gasteiger partial charge in [-0.05, 0) is 38.3 Å². The molecular formula is C15H18FNO3. The van der Waals surface area contributed by atoms with Crippen LogP contribution < -0.4 is 0 Å². The number of carboxylic acids is 1. The number of halogens is 1. The fourth-order valence-corrected chi connectivity index (χ4v) is 2.86. The smallest absolute Gasteiger partial charge is 0.329 e. The maximum absolute atomic E-state index is 13.8. The Kier molecular flexibility index (Phi) is 3.79. The molecule has 1 aliphatic heterocycles. The standard InChI is InChI=1S/C15H18FNO3/c1-3-15(14(19)20)7-4-8-17(15)13(18)11-9-10(2)5-6-12(11)16/h5-6,9H,3-4,7-8H2,1-2H3,(H,19,20). The van der Waals surface area contributed by atoms with Crippen LogP contribution >= 0.6 is 0 Å². The van der Waals surface area contributed by atoms with E-state index in [-0.39, 0.29) is 5.56 Å². The second-order valence-corrected chi connectivity index (χ2v) is 5.23. The van der Waals surface area contributed by atoms with E-state index < -0.39 is 23.2 Å². The first-order valence-corrected chi connectivity index (χ1v) is 6.74. The quantitative estimate of drug-likeness (QED) is 0.925. The van der Waals surface area contributed by atoms with Gasteiger partial charge in [-0.2, -0.15) is 0 Å². The number of carbonyl (C=O) groups excluding carboxylic acids is 1. The molecule has 1 heterocycles. The van der Waals surface area contributed by atoms with Gasteiger partial charge in [0.25, 0.3) is 5.91 Å². The van der Waals surface area contributed by atoms with Crippen molar-refractivity contribution < 1.29 is 19.1 Å². The molecule has 1 aromatic carbocycles. The monoisotopic (exact) mass is 279 g/mol. The summed E-state index contributed by atoms with van der Waals surface area (Å²) in [5.41, 5.74) is -0.481. The number of carbonyl (C=O) groups is 2. The summed E-state index contributed by atoms with van der Waals surface area (Å²) in [6.07, 6.45) is 1.36. The van der Waals surface area contributed by atoms with Gasteiger partial charge in [0.1, 0.15) is 11.4 Å². The molecule has 0 aliphatic carbocycles. The molecule has 0 spiro atoms. The van der Waals surface area contributed by atoms with Gasteiger partial charge in [-0.15, -0.1) is 0 Å². The average Bonchev–Trinajstić information content (AvgIpc) is 2.85. The minimum atomic E-state index is -1.20. The predicted molar refractivity (Wildman–Crippen MR) is 72.1 cm³/mol. The van der Waals surface area contributed by atoms with Crippen LogP contribution in [0, 0.1) is 12.7 Å². The summed E-state index contributed by atoms with van der Waals surface area (Å²) in [4.78, 5) is 25.4. The van der Waals surface area contributed by atoms with Gasteiger partial charge in [-0.3, -0.25) is 4.79 Å². The Labute approximate surface area is 117 Å². The first kappa shape index (κ1) is 14.5. The summed E-state index contributed by atoms with van der Waals surface area (Å²) in [5, 5.41) is 9.47. The van der Waals surface area contributed by atoms with Crippen molar-refractivity contribution in [3.05, 3.63) is 35.1 Å². The molecule has 0 saturated carbocycles. The van der Waals surface area contributed by atoms with E-state index >= 15 is 0 Å². The summed E-state index contributed by atoms with van der Waals surface area (Å²) in [6.45, 7) is 3.86. The highest BCUT2D eigenvalue weighted by molar-refractivity contribution is 5.98. The maximum atomic E-state index is 13.8. The van der Waals surface area contributed by atoms with Crippen molar-refractivity contribution >= 4 is 11.9 Å². The van der Waals surface area contributed by atoms with Crippen molar-refractivity contribution in [2.24, 2.45) is 0 Å². The van der Waals surface area contributed by atoms with E-state index in [1.165, 1.54) is 17.0 Å². The molecule has 4 nitrogen and oxygen atoms in total. The molecule has 0 aromatic heterocycles. The minimum Gasteiger partial charge on any atom is -0.479 e. The van der Waals surface area contributed by atoms with Gasteiger partial charge in [0, 0.05) is 6.54 Å². The Morgan fingerprint density at radius 2 is 2.15 bits per heavy atom. The molecule has 5 heteroatoms. The number of aliphatic carboxylic acids is 1. The van der Waals surface area contributed by atoms with Crippen LogP contribution in [-0.4, -0.2) is 34.0 Å². The molecular weight excluding hydrogens is 261 g/mol. The predicted octanol–water partition coefficient (Wildman–Crippen LogP) is 2.60. The maximum Gasteiger partial charge on any atom is 0.329 e. The molecule has 1 atom stereocenters. The third kappa shape index (κ3) is 2.17. The summed E-state index contributed by atoms with van der Waals surface area (Å²) >= 11 is 0. The van der Waals surface area contributed by atoms with E-state index in [9.17, 15) is 19.1 Å². The van der Waals surface area contributed by atoms with Crippen molar-refractivity contribution in [2.75, 3.05) is 6.54 Å². The molecule has 1 amide bonds. The molecule has 2 rings (SSSR count). The Bertz CT molecular complexity index is 558. The second kappa shape index (κ2) is 5.23. The Morgan fingerprint density at radius 3 is 2.75 bits per heavy atom. The molecule has 1 unspecified atom stereocenters. The van der Waals surface area contributed by atoms with E-state index in [4.69, 9.17) is 0 Å². The number of rotatable bonds is 3. The summed E-state index contributed by atoms with van der Waals surface area (Å²) in [5.74, 6) is -2.16. The fourth-order valence-electron chi connectivity index (χ4n) is 2.86. The fraction of sp³-hybridized carbons (Fsp3) is 0.467. The molecule has 108 valence electrons. The molecule has 1 N–H and O–H groups in total. The average molecular weight is 279 g/mol. The summed E-state index contributed by atoms with van der Waals surface area (Å²) < 4.78 is 13.8. The van der Waals surface area contributed by atoms with E-state index in [0.717, 1.165) is 5.56 Å². The number of hydrogen-bond acceptors (Lipinski definition) is 2. The van der Waals surface area contributed by atoms with Crippen LogP contribution in [0.15, 0.2) is 18.2 Å². The number of aryl methyl sites for hydroxylation is 1. The molecule has 0 radical (unpaired) electrons. The number of carboxylic acid groups (broad SMARTS) is 1. The first-order chi connectivity index (χ1) is 9.42. The second-order valence-electron chi connectivity index (χ2n) is 5.23.